The van der Waals surface area contributed by atoms with Crippen LogP contribution in [0.3, 0.4) is 0 Å². The van der Waals surface area contributed by atoms with Gasteiger partial charge in [-0.25, -0.2) is 15.0 Å². The van der Waals surface area contributed by atoms with Crippen LogP contribution in [0.2, 0.25) is 0 Å². The first-order valence-electron chi connectivity index (χ1n) is 19.0. The number of furan rings is 2. The monoisotopic (exact) mass is 730 g/mol. The molecule has 12 rings (SSSR count). The van der Waals surface area contributed by atoms with Gasteiger partial charge in [-0.15, -0.1) is 0 Å². The lowest BCUT2D eigenvalue weighted by Gasteiger charge is -2.11. The van der Waals surface area contributed by atoms with E-state index in [0.717, 1.165) is 77.4 Å². The van der Waals surface area contributed by atoms with Crippen molar-refractivity contribution in [2.75, 3.05) is 0 Å². The second kappa shape index (κ2) is 12.3. The third-order valence-corrected chi connectivity index (χ3v) is 11.1. The molecule has 6 heteroatoms. The van der Waals surface area contributed by atoms with E-state index in [4.69, 9.17) is 23.8 Å². The van der Waals surface area contributed by atoms with Gasteiger partial charge in [-0.3, -0.25) is 0 Å². The molecule has 57 heavy (non-hydrogen) atoms. The lowest BCUT2D eigenvalue weighted by Crippen LogP contribution is -2.00. The highest BCUT2D eigenvalue weighted by Gasteiger charge is 2.18. The number of hydrogen-bond donors (Lipinski definition) is 0. The van der Waals surface area contributed by atoms with Crippen LogP contribution in [0.15, 0.2) is 191 Å². The fourth-order valence-corrected chi connectivity index (χ4v) is 8.37. The summed E-state index contributed by atoms with van der Waals surface area (Å²) in [4.78, 5) is 15.1. The average Bonchev–Trinajstić information content (AvgIpc) is 3.96. The molecule has 8 aromatic carbocycles. The summed E-state index contributed by atoms with van der Waals surface area (Å²) < 4.78 is 15.2. The molecule has 0 N–H and O–H groups in total. The second-order valence-corrected chi connectivity index (χ2v) is 14.4. The molecule has 4 aromatic heterocycles. The summed E-state index contributed by atoms with van der Waals surface area (Å²) in [5.74, 6) is 1.78. The molecule has 0 amide bonds. The summed E-state index contributed by atoms with van der Waals surface area (Å²) in [5, 5.41) is 6.74. The molecule has 0 aliphatic carbocycles. The van der Waals surface area contributed by atoms with Crippen LogP contribution in [0.1, 0.15) is 0 Å². The Labute approximate surface area is 325 Å². The maximum atomic E-state index is 6.48. The molecule has 0 saturated heterocycles. The number of rotatable bonds is 5. The van der Waals surface area contributed by atoms with E-state index in [1.54, 1.807) is 0 Å². The zero-order chi connectivity index (χ0) is 37.5. The van der Waals surface area contributed by atoms with Gasteiger partial charge < -0.3 is 13.4 Å². The molecule has 0 saturated carbocycles. The first-order chi connectivity index (χ1) is 28.2. The molecule has 0 radical (unpaired) electrons. The Hall–Kier alpha value is -7.83. The Morgan fingerprint density at radius 3 is 1.65 bits per heavy atom. The van der Waals surface area contributed by atoms with Crippen LogP contribution in [-0.2, 0) is 0 Å². The molecule has 12 aromatic rings. The summed E-state index contributed by atoms with van der Waals surface area (Å²) >= 11 is 0. The maximum Gasteiger partial charge on any atom is 0.164 e. The van der Waals surface area contributed by atoms with Gasteiger partial charge in [-0.1, -0.05) is 115 Å². The highest BCUT2D eigenvalue weighted by molar-refractivity contribution is 6.12. The molecule has 0 bridgehead atoms. The minimum atomic E-state index is 0.574. The SMILES string of the molecule is c1ccc(-c2nc(-c3ccc(-n4c5ccccc5c5ccccc54)cc3)nc(-c3ccc4c(c3)oc3ccc(-c5cccc6c5oc5ccccc56)cc34)n2)cc1. The highest BCUT2D eigenvalue weighted by Crippen LogP contribution is 2.39. The van der Waals surface area contributed by atoms with Crippen LogP contribution >= 0.6 is 0 Å². The third kappa shape index (κ3) is 5.01. The number of aromatic nitrogens is 4. The van der Waals surface area contributed by atoms with Crippen LogP contribution in [0.25, 0.3) is 117 Å². The standard InChI is InChI=1S/C51H30N4O2/c1-2-11-31(12-3-1)49-52-50(32-21-25-35(26-22-32)55-43-18-7-4-13-37(43)38-14-5-8-19-44(38)55)54-51(53-49)34-23-27-40-42-29-33(24-28-46(42)56-47(40)30-34)36-16-10-17-41-39-15-6-9-20-45(39)57-48(36)41/h1-30H. The topological polar surface area (TPSA) is 69.9 Å². The van der Waals surface area contributed by atoms with Crippen molar-refractivity contribution in [2.24, 2.45) is 0 Å². The van der Waals surface area contributed by atoms with Crippen LogP contribution < -0.4 is 0 Å². The second-order valence-electron chi connectivity index (χ2n) is 14.4. The van der Waals surface area contributed by atoms with E-state index in [1.807, 2.05) is 60.7 Å². The molecule has 0 aliphatic heterocycles. The molecular weight excluding hydrogens is 701 g/mol. The number of para-hydroxylation sites is 4. The smallest absolute Gasteiger partial charge is 0.164 e. The van der Waals surface area contributed by atoms with Gasteiger partial charge in [0.15, 0.2) is 17.5 Å². The van der Waals surface area contributed by atoms with Crippen molar-refractivity contribution in [1.82, 2.24) is 19.5 Å². The fraction of sp³-hybridized carbons (Fsp3) is 0. The predicted octanol–water partition coefficient (Wildman–Crippen LogP) is 13.4. The maximum absolute atomic E-state index is 6.48. The summed E-state index contributed by atoms with van der Waals surface area (Å²) in [6.07, 6.45) is 0. The van der Waals surface area contributed by atoms with E-state index in [9.17, 15) is 0 Å². The summed E-state index contributed by atoms with van der Waals surface area (Å²) in [6, 6.07) is 62.7. The zero-order valence-corrected chi connectivity index (χ0v) is 30.4. The Morgan fingerprint density at radius 1 is 0.333 bits per heavy atom. The first kappa shape index (κ1) is 31.5. The van der Waals surface area contributed by atoms with Crippen molar-refractivity contribution in [1.29, 1.82) is 0 Å². The van der Waals surface area contributed by atoms with Crippen molar-refractivity contribution in [3.8, 4) is 51.0 Å². The number of benzene rings is 8. The van der Waals surface area contributed by atoms with Gasteiger partial charge in [0.05, 0.1) is 11.0 Å². The highest BCUT2D eigenvalue weighted by atomic mass is 16.3. The van der Waals surface area contributed by atoms with Crippen LogP contribution in [-0.4, -0.2) is 19.5 Å². The normalized spacial score (nSPS) is 11.9. The average molecular weight is 731 g/mol. The van der Waals surface area contributed by atoms with Crippen molar-refractivity contribution in [3.05, 3.63) is 182 Å². The molecule has 6 nitrogen and oxygen atoms in total. The lowest BCUT2D eigenvalue weighted by molar-refractivity contribution is 0.668. The van der Waals surface area contributed by atoms with E-state index in [-0.39, 0.29) is 0 Å². The van der Waals surface area contributed by atoms with Crippen molar-refractivity contribution >= 4 is 65.7 Å². The minimum absolute atomic E-state index is 0.574. The number of hydrogen-bond acceptors (Lipinski definition) is 5. The van der Waals surface area contributed by atoms with Gasteiger partial charge in [-0.05, 0) is 72.3 Å². The van der Waals surface area contributed by atoms with E-state index < -0.39 is 0 Å². The minimum Gasteiger partial charge on any atom is -0.456 e. The largest absolute Gasteiger partial charge is 0.456 e. The van der Waals surface area contributed by atoms with Gasteiger partial charge in [0.2, 0.25) is 0 Å². The Morgan fingerprint density at radius 2 is 0.895 bits per heavy atom. The van der Waals surface area contributed by atoms with E-state index in [2.05, 4.69) is 126 Å². The molecule has 0 fully saturated rings. The van der Waals surface area contributed by atoms with Gasteiger partial charge in [-0.2, -0.15) is 0 Å². The van der Waals surface area contributed by atoms with Gasteiger partial charge in [0, 0.05) is 60.3 Å². The quantitative estimate of drug-likeness (QED) is 0.176. The van der Waals surface area contributed by atoms with Crippen molar-refractivity contribution < 1.29 is 8.83 Å². The van der Waals surface area contributed by atoms with Crippen LogP contribution in [0.4, 0.5) is 0 Å². The predicted molar refractivity (Wildman–Crippen MR) is 230 cm³/mol. The van der Waals surface area contributed by atoms with E-state index in [1.165, 1.54) is 21.8 Å². The summed E-state index contributed by atoms with van der Waals surface area (Å²) in [5.41, 5.74) is 11.5. The molecule has 0 spiro atoms. The number of nitrogens with zero attached hydrogens (tertiary/aromatic N) is 4. The summed E-state index contributed by atoms with van der Waals surface area (Å²) in [7, 11) is 0. The molecule has 0 atom stereocenters. The zero-order valence-electron chi connectivity index (χ0n) is 30.4. The van der Waals surface area contributed by atoms with Crippen LogP contribution in [0.5, 0.6) is 0 Å². The van der Waals surface area contributed by atoms with Gasteiger partial charge in [0.1, 0.15) is 22.3 Å². The van der Waals surface area contributed by atoms with Crippen molar-refractivity contribution in [3.63, 3.8) is 0 Å². The lowest BCUT2D eigenvalue weighted by atomic mass is 10.00. The fourth-order valence-electron chi connectivity index (χ4n) is 8.37. The molecule has 4 heterocycles. The number of fused-ring (bicyclic) bond motifs is 9. The van der Waals surface area contributed by atoms with Crippen molar-refractivity contribution in [2.45, 2.75) is 0 Å². The Bertz CT molecular complexity index is 3470. The molecule has 266 valence electrons. The van der Waals surface area contributed by atoms with E-state index in [0.29, 0.717) is 17.5 Å². The molecule has 0 aliphatic rings. The molecule has 0 unspecified atom stereocenters. The summed E-state index contributed by atoms with van der Waals surface area (Å²) in [6.45, 7) is 0. The first-order valence-corrected chi connectivity index (χ1v) is 19.0. The Kier molecular flexibility index (Phi) is 6.83. The van der Waals surface area contributed by atoms with Gasteiger partial charge >= 0.3 is 0 Å². The molecular formula is C51H30N4O2. The van der Waals surface area contributed by atoms with Gasteiger partial charge in [0.25, 0.3) is 0 Å². The third-order valence-electron chi connectivity index (χ3n) is 11.1. The van der Waals surface area contributed by atoms with Crippen LogP contribution in [0, 0.1) is 0 Å². The Balaban J connectivity index is 0.955. The van der Waals surface area contributed by atoms with E-state index >= 15 is 0 Å².